The molecule has 2 heterocycles. The second-order valence-corrected chi connectivity index (χ2v) is 9.55. The van der Waals surface area contributed by atoms with Gasteiger partial charge in [-0.05, 0) is 65.5 Å². The van der Waals surface area contributed by atoms with Crippen LogP contribution in [0.1, 0.15) is 27.5 Å². The zero-order valence-electron chi connectivity index (χ0n) is 17.9. The topological polar surface area (TPSA) is 59.5 Å². The fraction of sp³-hybridized carbons (Fsp3) is 0.0769. The van der Waals surface area contributed by atoms with Crippen molar-refractivity contribution in [3.05, 3.63) is 98.4 Å². The summed E-state index contributed by atoms with van der Waals surface area (Å²) in [4.78, 5) is 12.6. The summed E-state index contributed by atoms with van der Waals surface area (Å²) in [5, 5.41) is 7.37. The van der Waals surface area contributed by atoms with E-state index >= 15 is 0 Å². The maximum atomic E-state index is 12.6. The van der Waals surface area contributed by atoms with E-state index in [1.54, 1.807) is 12.3 Å². The highest BCUT2D eigenvalue weighted by Gasteiger charge is 2.15. The molecule has 0 fully saturated rings. The average Bonchev–Trinajstić information content (AvgIpc) is 3.34. The van der Waals surface area contributed by atoms with E-state index in [4.69, 9.17) is 4.42 Å². The minimum Gasteiger partial charge on any atom is -0.450 e. The zero-order valence-corrected chi connectivity index (χ0v) is 21.1. The zero-order chi connectivity index (χ0) is 23.1. The first-order valence-electron chi connectivity index (χ1n) is 10.3. The van der Waals surface area contributed by atoms with E-state index in [1.807, 2.05) is 31.2 Å². The van der Waals surface area contributed by atoms with Crippen molar-refractivity contribution in [2.75, 3.05) is 0 Å². The van der Waals surface area contributed by atoms with Crippen LogP contribution in [0.2, 0.25) is 0 Å². The van der Waals surface area contributed by atoms with Crippen molar-refractivity contribution in [2.45, 2.75) is 13.8 Å². The maximum Gasteiger partial charge on any atom is 0.307 e. The number of hydrazone groups is 1. The van der Waals surface area contributed by atoms with Crippen molar-refractivity contribution < 1.29 is 9.21 Å². The van der Waals surface area contributed by atoms with Crippen LogP contribution in [0.4, 0.5) is 0 Å². The van der Waals surface area contributed by atoms with Crippen LogP contribution < -0.4 is 5.43 Å². The minimum atomic E-state index is -0.409. The van der Waals surface area contributed by atoms with Gasteiger partial charge in [-0.1, -0.05) is 52.3 Å². The summed E-state index contributed by atoms with van der Waals surface area (Å²) < 4.78 is 9.59. The molecule has 0 radical (unpaired) electrons. The first-order valence-corrected chi connectivity index (χ1v) is 11.9. The van der Waals surface area contributed by atoms with Gasteiger partial charge in [0.25, 0.3) is 0 Å². The number of aryl methyl sites for hydroxylation is 1. The lowest BCUT2D eigenvalue weighted by Crippen LogP contribution is -2.16. The van der Waals surface area contributed by atoms with Gasteiger partial charge in [0, 0.05) is 32.2 Å². The molecule has 0 aliphatic carbocycles. The van der Waals surface area contributed by atoms with Gasteiger partial charge >= 0.3 is 5.91 Å². The van der Waals surface area contributed by atoms with Crippen LogP contribution in [0.5, 0.6) is 0 Å². The van der Waals surface area contributed by atoms with Gasteiger partial charge in [0.1, 0.15) is 5.58 Å². The highest BCUT2D eigenvalue weighted by Crippen LogP contribution is 2.31. The minimum absolute atomic E-state index is 0.196. The number of carbonyl (C=O) groups excluding carboxylic acids is 1. The predicted octanol–water partition coefficient (Wildman–Crippen LogP) is 7.28. The Morgan fingerprint density at radius 3 is 2.64 bits per heavy atom. The van der Waals surface area contributed by atoms with Gasteiger partial charge in [0.05, 0.1) is 16.4 Å². The highest BCUT2D eigenvalue weighted by molar-refractivity contribution is 9.11. The van der Waals surface area contributed by atoms with Crippen LogP contribution >= 0.6 is 31.9 Å². The lowest BCUT2D eigenvalue weighted by atomic mass is 10.1. The number of amides is 1. The third-order valence-electron chi connectivity index (χ3n) is 5.61. The molecule has 0 bridgehead atoms. The molecule has 7 heteroatoms. The molecule has 0 spiro atoms. The number of nitrogens with one attached hydrogen (secondary N) is 1. The Kier molecular flexibility index (Phi) is 5.68. The molecule has 0 atom stereocenters. The quantitative estimate of drug-likeness (QED) is 0.184. The van der Waals surface area contributed by atoms with Crippen molar-refractivity contribution in [2.24, 2.45) is 5.10 Å². The molecular formula is C26H19Br2N3O2. The summed E-state index contributed by atoms with van der Waals surface area (Å²) in [6.45, 7) is 4.11. The smallest absolute Gasteiger partial charge is 0.307 e. The summed E-state index contributed by atoms with van der Waals surface area (Å²) >= 11 is 6.90. The molecular weight excluding hydrogens is 546 g/mol. The molecule has 33 heavy (non-hydrogen) atoms. The van der Waals surface area contributed by atoms with E-state index in [-0.39, 0.29) is 5.76 Å². The lowest BCUT2D eigenvalue weighted by Gasteiger charge is -2.12. The van der Waals surface area contributed by atoms with Gasteiger partial charge < -0.3 is 8.98 Å². The molecule has 1 amide bonds. The Labute approximate surface area is 207 Å². The molecule has 5 aromatic rings. The molecule has 0 saturated heterocycles. The Hall–Kier alpha value is -3.16. The SMILES string of the molecule is Cc1cc(/C=N\NC(=O)c2cc3cc(Br)cc(Br)c3o2)c(C)n1-c1cccc2ccccc12. The Bertz CT molecular complexity index is 1560. The second kappa shape index (κ2) is 8.65. The predicted molar refractivity (Wildman–Crippen MR) is 139 cm³/mol. The Morgan fingerprint density at radius 2 is 1.79 bits per heavy atom. The van der Waals surface area contributed by atoms with Crippen molar-refractivity contribution in [1.82, 2.24) is 9.99 Å². The number of carbonyl (C=O) groups is 1. The number of rotatable bonds is 4. The summed E-state index contributed by atoms with van der Waals surface area (Å²) in [5.41, 5.74) is 7.36. The van der Waals surface area contributed by atoms with E-state index in [0.717, 1.165) is 37.0 Å². The Balaban J connectivity index is 1.41. The van der Waals surface area contributed by atoms with E-state index in [2.05, 4.69) is 90.3 Å². The van der Waals surface area contributed by atoms with Crippen molar-refractivity contribution in [3.8, 4) is 5.69 Å². The fourth-order valence-electron chi connectivity index (χ4n) is 4.10. The molecule has 5 nitrogen and oxygen atoms in total. The molecule has 0 aliphatic heterocycles. The van der Waals surface area contributed by atoms with Gasteiger partial charge in [-0.3, -0.25) is 4.79 Å². The molecule has 1 N–H and O–H groups in total. The van der Waals surface area contributed by atoms with E-state index in [1.165, 1.54) is 10.8 Å². The number of halogens is 2. The van der Waals surface area contributed by atoms with Crippen molar-refractivity contribution in [1.29, 1.82) is 0 Å². The van der Waals surface area contributed by atoms with Gasteiger partial charge in [0.15, 0.2) is 5.76 Å². The first-order chi connectivity index (χ1) is 15.9. The lowest BCUT2D eigenvalue weighted by molar-refractivity contribution is 0.0929. The van der Waals surface area contributed by atoms with Crippen molar-refractivity contribution in [3.63, 3.8) is 0 Å². The van der Waals surface area contributed by atoms with Crippen LogP contribution in [-0.2, 0) is 0 Å². The van der Waals surface area contributed by atoms with Gasteiger partial charge in [-0.2, -0.15) is 5.10 Å². The van der Waals surface area contributed by atoms with Gasteiger partial charge in [-0.25, -0.2) is 5.43 Å². The molecule has 0 saturated carbocycles. The fourth-order valence-corrected chi connectivity index (χ4v) is 5.43. The van der Waals surface area contributed by atoms with Gasteiger partial charge in [-0.15, -0.1) is 0 Å². The molecule has 164 valence electrons. The van der Waals surface area contributed by atoms with Crippen LogP contribution in [0.3, 0.4) is 0 Å². The summed E-state index contributed by atoms with van der Waals surface area (Å²) in [6.07, 6.45) is 1.66. The van der Waals surface area contributed by atoms with Gasteiger partial charge in [0.2, 0.25) is 0 Å². The second-order valence-electron chi connectivity index (χ2n) is 7.78. The number of benzene rings is 3. The van der Waals surface area contributed by atoms with Crippen LogP contribution in [0, 0.1) is 13.8 Å². The number of hydrogen-bond donors (Lipinski definition) is 1. The third kappa shape index (κ3) is 4.03. The van der Waals surface area contributed by atoms with E-state index < -0.39 is 5.91 Å². The number of fused-ring (bicyclic) bond motifs is 2. The molecule has 3 aromatic carbocycles. The third-order valence-corrected chi connectivity index (χ3v) is 6.65. The van der Waals surface area contributed by atoms with Crippen LogP contribution in [0.15, 0.2) is 85.2 Å². The Morgan fingerprint density at radius 1 is 1.00 bits per heavy atom. The average molecular weight is 565 g/mol. The van der Waals surface area contributed by atoms with E-state index in [9.17, 15) is 4.79 Å². The first kappa shape index (κ1) is 21.7. The molecule has 0 aliphatic rings. The van der Waals surface area contributed by atoms with Crippen LogP contribution in [-0.4, -0.2) is 16.7 Å². The summed E-state index contributed by atoms with van der Waals surface area (Å²) in [7, 11) is 0. The standard InChI is InChI=1S/C26H19Br2N3O2/c1-15-10-19(16(2)31(15)23-9-5-7-17-6-3-4-8-21(17)23)14-29-30-26(32)24-12-18-11-20(27)13-22(28)25(18)33-24/h3-14H,1-2H3,(H,30,32)/b29-14-. The number of furan rings is 1. The van der Waals surface area contributed by atoms with Crippen LogP contribution in [0.25, 0.3) is 27.4 Å². The van der Waals surface area contributed by atoms with E-state index in [0.29, 0.717) is 5.58 Å². The molecule has 0 unspecified atom stereocenters. The largest absolute Gasteiger partial charge is 0.450 e. The number of nitrogens with zero attached hydrogens (tertiary/aromatic N) is 2. The normalized spacial score (nSPS) is 11.6. The molecule has 5 rings (SSSR count). The monoisotopic (exact) mass is 563 g/mol. The summed E-state index contributed by atoms with van der Waals surface area (Å²) in [6, 6.07) is 22.1. The highest BCUT2D eigenvalue weighted by atomic mass is 79.9. The maximum absolute atomic E-state index is 12.6. The summed E-state index contributed by atoms with van der Waals surface area (Å²) in [5.74, 6) is -0.212. The van der Waals surface area contributed by atoms with Crippen molar-refractivity contribution >= 4 is 65.7 Å². The number of aromatic nitrogens is 1. The molecule has 2 aromatic heterocycles. The number of hydrogen-bond acceptors (Lipinski definition) is 3.